The lowest BCUT2D eigenvalue weighted by Crippen LogP contribution is -1.98. The first kappa shape index (κ1) is 12.4. The summed E-state index contributed by atoms with van der Waals surface area (Å²) in [4.78, 5) is 4.48. The lowest BCUT2D eigenvalue weighted by Gasteiger charge is -2.08. The third-order valence-electron chi connectivity index (χ3n) is 2.54. The maximum Gasteiger partial charge on any atom is 0.0448 e. The van der Waals surface area contributed by atoms with Crippen LogP contribution in [0.4, 0.5) is 0 Å². The Morgan fingerprint density at radius 3 is 2.19 bits per heavy atom. The minimum absolute atomic E-state index is 0.374. The normalized spacial score (nSPS) is 11.6. The van der Waals surface area contributed by atoms with Gasteiger partial charge in [0.25, 0.3) is 0 Å². The zero-order valence-electron chi connectivity index (χ0n) is 10.3. The summed E-state index contributed by atoms with van der Waals surface area (Å²) in [5, 5.41) is 0. The second-order valence-corrected chi connectivity index (χ2v) is 4.19. The van der Waals surface area contributed by atoms with E-state index in [0.717, 1.165) is 22.5 Å². The quantitative estimate of drug-likeness (QED) is 0.660. The number of nitrogens with zero attached hydrogens (tertiary/aromatic N) is 1. The molecule has 0 aliphatic rings. The summed E-state index contributed by atoms with van der Waals surface area (Å²) in [7, 11) is 0. The Morgan fingerprint density at radius 2 is 1.69 bits per heavy atom. The molecule has 0 radical (unpaired) electrons. The number of aliphatic imine (C=N–C) groups is 1. The zero-order chi connectivity index (χ0) is 12.1. The van der Waals surface area contributed by atoms with Gasteiger partial charge in [0, 0.05) is 11.4 Å². The van der Waals surface area contributed by atoms with Crippen molar-refractivity contribution in [2.24, 2.45) is 10.9 Å². The molecule has 84 valence electrons. The third-order valence-corrected chi connectivity index (χ3v) is 2.54. The first-order valence-corrected chi connectivity index (χ1v) is 5.51. The molecule has 0 bridgehead atoms. The molecule has 1 rings (SSSR count). The van der Waals surface area contributed by atoms with E-state index in [9.17, 15) is 0 Å². The van der Waals surface area contributed by atoms with Crippen LogP contribution < -0.4 is 0 Å². The molecule has 0 heterocycles. The molecule has 0 amide bonds. The summed E-state index contributed by atoms with van der Waals surface area (Å²) >= 11 is 0. The lowest BCUT2D eigenvalue weighted by atomic mass is 10.0. The molecule has 0 atom stereocenters. The average Bonchev–Trinajstić information content (AvgIpc) is 2.28. The van der Waals surface area contributed by atoms with Gasteiger partial charge in [-0.3, -0.25) is 4.99 Å². The molecule has 0 spiro atoms. The number of hydrogen-bond acceptors (Lipinski definition) is 1. The lowest BCUT2D eigenvalue weighted by molar-refractivity contribution is 0.762. The number of hydrogen-bond donors (Lipinski definition) is 0. The van der Waals surface area contributed by atoms with Crippen LogP contribution in [-0.4, -0.2) is 5.71 Å². The zero-order valence-corrected chi connectivity index (χ0v) is 10.3. The Balaban J connectivity index is 2.87. The highest BCUT2D eigenvalue weighted by Gasteiger charge is 2.04. The molecule has 0 unspecified atom stereocenters. The highest BCUT2D eigenvalue weighted by molar-refractivity contribution is 6.22. The standard InChI is InChI=1S/C15H19N/c1-11(2)13(4)16-14(5)12(3)15-9-7-6-8-10-15/h6-11H,3-4H2,1-2,5H3/b16-14+. The van der Waals surface area contributed by atoms with Crippen LogP contribution in [0.15, 0.2) is 54.2 Å². The van der Waals surface area contributed by atoms with Gasteiger partial charge >= 0.3 is 0 Å². The summed E-state index contributed by atoms with van der Waals surface area (Å²) in [6.07, 6.45) is 0. The van der Waals surface area contributed by atoms with E-state index in [2.05, 4.69) is 32.0 Å². The van der Waals surface area contributed by atoms with Crippen molar-refractivity contribution in [1.82, 2.24) is 0 Å². The molecule has 0 saturated heterocycles. The van der Waals surface area contributed by atoms with Gasteiger partial charge in [-0.05, 0) is 24.0 Å². The highest BCUT2D eigenvalue weighted by Crippen LogP contribution is 2.16. The molecule has 0 fully saturated rings. The van der Waals surface area contributed by atoms with Gasteiger partial charge < -0.3 is 0 Å². The minimum atomic E-state index is 0.374. The second kappa shape index (κ2) is 5.45. The fraction of sp³-hybridized carbons (Fsp3) is 0.267. The SMILES string of the molecule is C=C(/C(C)=N/C(=C)C(C)C)c1ccccc1. The van der Waals surface area contributed by atoms with Crippen molar-refractivity contribution >= 4 is 11.3 Å². The fourth-order valence-electron chi connectivity index (χ4n) is 1.26. The molecule has 16 heavy (non-hydrogen) atoms. The van der Waals surface area contributed by atoms with E-state index in [1.165, 1.54) is 0 Å². The van der Waals surface area contributed by atoms with Crippen LogP contribution in [-0.2, 0) is 0 Å². The summed E-state index contributed by atoms with van der Waals surface area (Å²) < 4.78 is 0. The molecule has 0 N–H and O–H groups in total. The van der Waals surface area contributed by atoms with Crippen LogP contribution in [0.3, 0.4) is 0 Å². The van der Waals surface area contributed by atoms with Gasteiger partial charge in [-0.25, -0.2) is 0 Å². The van der Waals surface area contributed by atoms with Crippen LogP contribution in [0.1, 0.15) is 26.3 Å². The van der Waals surface area contributed by atoms with E-state index >= 15 is 0 Å². The largest absolute Gasteiger partial charge is 0.258 e. The first-order valence-electron chi connectivity index (χ1n) is 5.51. The van der Waals surface area contributed by atoms with Crippen molar-refractivity contribution in [2.45, 2.75) is 20.8 Å². The van der Waals surface area contributed by atoms with Crippen molar-refractivity contribution in [3.05, 3.63) is 54.8 Å². The van der Waals surface area contributed by atoms with Crippen molar-refractivity contribution in [3.8, 4) is 0 Å². The van der Waals surface area contributed by atoms with Crippen LogP contribution in [0.2, 0.25) is 0 Å². The Kier molecular flexibility index (Phi) is 4.24. The summed E-state index contributed by atoms with van der Waals surface area (Å²) in [6, 6.07) is 10.1. The van der Waals surface area contributed by atoms with Gasteiger partial charge in [0.05, 0.1) is 0 Å². The smallest absolute Gasteiger partial charge is 0.0448 e. The van der Waals surface area contributed by atoms with E-state index < -0.39 is 0 Å². The third kappa shape index (κ3) is 3.20. The highest BCUT2D eigenvalue weighted by atomic mass is 14.8. The van der Waals surface area contributed by atoms with Gasteiger partial charge in [-0.2, -0.15) is 0 Å². The van der Waals surface area contributed by atoms with Crippen LogP contribution in [0.25, 0.3) is 5.57 Å². The van der Waals surface area contributed by atoms with Gasteiger partial charge in [0.15, 0.2) is 0 Å². The summed E-state index contributed by atoms with van der Waals surface area (Å²) in [5.41, 5.74) is 3.90. The van der Waals surface area contributed by atoms with Gasteiger partial charge in [0.2, 0.25) is 0 Å². The number of benzene rings is 1. The Morgan fingerprint density at radius 1 is 1.12 bits per heavy atom. The maximum absolute atomic E-state index is 4.48. The van der Waals surface area contributed by atoms with Crippen molar-refractivity contribution in [2.75, 3.05) is 0 Å². The van der Waals surface area contributed by atoms with Gasteiger partial charge in [-0.15, -0.1) is 0 Å². The van der Waals surface area contributed by atoms with Crippen LogP contribution >= 0.6 is 0 Å². The maximum atomic E-state index is 4.48. The summed E-state index contributed by atoms with van der Waals surface area (Å²) in [6.45, 7) is 14.2. The molecule has 1 aromatic rings. The Labute approximate surface area is 98.2 Å². The van der Waals surface area contributed by atoms with E-state index in [0.29, 0.717) is 5.92 Å². The first-order chi connectivity index (χ1) is 7.52. The van der Waals surface area contributed by atoms with E-state index in [1.807, 2.05) is 37.3 Å². The van der Waals surface area contributed by atoms with Crippen molar-refractivity contribution < 1.29 is 0 Å². The molecule has 0 aliphatic carbocycles. The predicted molar refractivity (Wildman–Crippen MR) is 72.6 cm³/mol. The molecule has 1 aromatic carbocycles. The topological polar surface area (TPSA) is 12.4 Å². The molecule has 1 heteroatoms. The molecule has 0 aliphatic heterocycles. The Hall–Kier alpha value is -1.63. The van der Waals surface area contributed by atoms with Gasteiger partial charge in [-0.1, -0.05) is 57.3 Å². The molecular weight excluding hydrogens is 194 g/mol. The second-order valence-electron chi connectivity index (χ2n) is 4.19. The van der Waals surface area contributed by atoms with E-state index in [4.69, 9.17) is 0 Å². The van der Waals surface area contributed by atoms with Crippen molar-refractivity contribution in [3.63, 3.8) is 0 Å². The summed E-state index contributed by atoms with van der Waals surface area (Å²) in [5.74, 6) is 0.374. The van der Waals surface area contributed by atoms with Gasteiger partial charge in [0.1, 0.15) is 0 Å². The van der Waals surface area contributed by atoms with E-state index in [1.54, 1.807) is 0 Å². The number of allylic oxidation sites excluding steroid dienone is 2. The van der Waals surface area contributed by atoms with Crippen molar-refractivity contribution in [1.29, 1.82) is 0 Å². The van der Waals surface area contributed by atoms with Crippen LogP contribution in [0.5, 0.6) is 0 Å². The minimum Gasteiger partial charge on any atom is -0.258 e. The molecule has 0 saturated carbocycles. The fourth-order valence-corrected chi connectivity index (χ4v) is 1.26. The monoisotopic (exact) mass is 213 g/mol. The molecule has 1 nitrogen and oxygen atoms in total. The van der Waals surface area contributed by atoms with E-state index in [-0.39, 0.29) is 0 Å². The average molecular weight is 213 g/mol. The molecular formula is C15H19N. The Bertz CT molecular complexity index is 410. The number of rotatable bonds is 4. The predicted octanol–water partition coefficient (Wildman–Crippen LogP) is 4.33. The van der Waals surface area contributed by atoms with Crippen LogP contribution in [0, 0.1) is 5.92 Å². The molecule has 0 aromatic heterocycles.